The Labute approximate surface area is 156 Å². The monoisotopic (exact) mass is 360 g/mol. The van der Waals surface area contributed by atoms with Gasteiger partial charge < -0.3 is 19.5 Å². The number of hydrogen-bond donors (Lipinski definition) is 1. The van der Waals surface area contributed by atoms with Crippen molar-refractivity contribution < 1.29 is 14.1 Å². The van der Waals surface area contributed by atoms with Crippen molar-refractivity contribution in [3.8, 4) is 0 Å². The summed E-state index contributed by atoms with van der Waals surface area (Å²) in [6.45, 7) is 11.2. The van der Waals surface area contributed by atoms with E-state index < -0.39 is 7.12 Å². The Bertz CT molecular complexity index is 634. The molecule has 1 aromatic rings. The van der Waals surface area contributed by atoms with Gasteiger partial charge in [-0.15, -0.1) is 0 Å². The predicted molar refractivity (Wildman–Crippen MR) is 101 cm³/mol. The van der Waals surface area contributed by atoms with E-state index in [4.69, 9.17) is 9.31 Å². The van der Waals surface area contributed by atoms with Crippen molar-refractivity contribution in [2.45, 2.75) is 71.1 Å². The lowest BCUT2D eigenvalue weighted by atomic mass is 9.81. The highest BCUT2D eigenvalue weighted by molar-refractivity contribution is 6.61. The van der Waals surface area contributed by atoms with Crippen LogP contribution in [0.1, 0.15) is 53.9 Å². The van der Waals surface area contributed by atoms with Gasteiger partial charge >= 0.3 is 7.12 Å². The fourth-order valence-corrected chi connectivity index (χ4v) is 3.37. The molecule has 142 valence electrons. The zero-order chi connectivity index (χ0) is 18.9. The minimum atomic E-state index is -0.458. The first-order chi connectivity index (χ1) is 12.2. The number of anilines is 1. The van der Waals surface area contributed by atoms with Gasteiger partial charge in [0.1, 0.15) is 0 Å². The van der Waals surface area contributed by atoms with Crippen LogP contribution in [0.3, 0.4) is 0 Å². The van der Waals surface area contributed by atoms with Crippen LogP contribution in [0.4, 0.5) is 5.95 Å². The molecule has 1 N–H and O–H groups in total. The molecule has 0 bridgehead atoms. The number of nitrogens with one attached hydrogen (secondary N) is 1. The minimum Gasteiger partial charge on any atom is -0.399 e. The van der Waals surface area contributed by atoms with Gasteiger partial charge in [0.05, 0.1) is 11.2 Å². The molecule has 26 heavy (non-hydrogen) atoms. The molecular formula is C18H29BN4O3. The van der Waals surface area contributed by atoms with Crippen molar-refractivity contribution in [1.82, 2.24) is 14.9 Å². The van der Waals surface area contributed by atoms with Crippen molar-refractivity contribution in [1.29, 1.82) is 0 Å². The third-order valence-electron chi connectivity index (χ3n) is 5.72. The number of aromatic nitrogens is 2. The van der Waals surface area contributed by atoms with Crippen LogP contribution >= 0.6 is 0 Å². The van der Waals surface area contributed by atoms with Gasteiger partial charge in [0.15, 0.2) is 0 Å². The van der Waals surface area contributed by atoms with Gasteiger partial charge in [0.2, 0.25) is 11.9 Å². The third-order valence-corrected chi connectivity index (χ3v) is 5.72. The summed E-state index contributed by atoms with van der Waals surface area (Å²) in [6, 6.07) is 0.202. The molecule has 2 aliphatic heterocycles. The zero-order valence-corrected chi connectivity index (χ0v) is 16.4. The van der Waals surface area contributed by atoms with Crippen LogP contribution in [0.15, 0.2) is 12.4 Å². The Morgan fingerprint density at radius 1 is 1.23 bits per heavy atom. The van der Waals surface area contributed by atoms with Crippen molar-refractivity contribution >= 4 is 24.4 Å². The second-order valence-electron chi connectivity index (χ2n) is 8.17. The SMILES string of the molecule is CC(=O)N1CCCC[C@@H]1CNc1ncc(B2OC(C)(C)C(C)(C)O2)cn1. The van der Waals surface area contributed by atoms with Gasteiger partial charge in [-0.3, -0.25) is 4.79 Å². The van der Waals surface area contributed by atoms with E-state index in [9.17, 15) is 4.79 Å². The number of carbonyl (C=O) groups excluding carboxylic acids is 1. The van der Waals surface area contributed by atoms with Crippen molar-refractivity contribution in [2.75, 3.05) is 18.4 Å². The number of hydrogen-bond acceptors (Lipinski definition) is 6. The maximum atomic E-state index is 11.8. The Hall–Kier alpha value is -1.67. The van der Waals surface area contributed by atoms with E-state index in [1.165, 1.54) is 0 Å². The fourth-order valence-electron chi connectivity index (χ4n) is 3.37. The summed E-state index contributed by atoms with van der Waals surface area (Å²) in [7, 11) is -0.458. The minimum absolute atomic E-state index is 0.133. The van der Waals surface area contributed by atoms with Crippen molar-refractivity contribution in [3.63, 3.8) is 0 Å². The molecule has 1 atom stereocenters. The van der Waals surface area contributed by atoms with Gasteiger partial charge in [-0.2, -0.15) is 0 Å². The summed E-state index contributed by atoms with van der Waals surface area (Å²) < 4.78 is 12.0. The molecule has 3 rings (SSSR count). The average molecular weight is 360 g/mol. The molecule has 0 aliphatic carbocycles. The number of rotatable bonds is 4. The first-order valence-electron chi connectivity index (χ1n) is 9.38. The number of likely N-dealkylation sites (tertiary alicyclic amines) is 1. The van der Waals surface area contributed by atoms with E-state index in [1.807, 2.05) is 32.6 Å². The molecule has 7 nitrogen and oxygen atoms in total. The van der Waals surface area contributed by atoms with E-state index in [2.05, 4.69) is 15.3 Å². The summed E-state index contributed by atoms with van der Waals surface area (Å²) in [5.41, 5.74) is 0.0366. The van der Waals surface area contributed by atoms with Crippen molar-refractivity contribution in [2.24, 2.45) is 0 Å². The van der Waals surface area contributed by atoms with Crippen LogP contribution in [-0.4, -0.2) is 58.2 Å². The smallest absolute Gasteiger partial charge is 0.399 e. The van der Waals surface area contributed by atoms with E-state index in [0.717, 1.165) is 31.3 Å². The lowest BCUT2D eigenvalue weighted by Gasteiger charge is -2.35. The van der Waals surface area contributed by atoms with Gasteiger partial charge in [-0.05, 0) is 47.0 Å². The van der Waals surface area contributed by atoms with Gasteiger partial charge in [-0.25, -0.2) is 9.97 Å². The van der Waals surface area contributed by atoms with Crippen LogP contribution in [0.5, 0.6) is 0 Å². The van der Waals surface area contributed by atoms with Crippen LogP contribution in [0.2, 0.25) is 0 Å². The Morgan fingerprint density at radius 2 is 1.85 bits per heavy atom. The van der Waals surface area contributed by atoms with Gasteiger partial charge in [0.25, 0.3) is 0 Å². The zero-order valence-electron chi connectivity index (χ0n) is 16.4. The molecule has 0 aromatic carbocycles. The standard InChI is InChI=1S/C18H29BN4O3/c1-13(24)23-9-7-6-8-15(23)12-22-16-20-10-14(11-21-16)19-25-17(2,3)18(4,5)26-19/h10-11,15H,6-9,12H2,1-5H3,(H,20,21,22)/t15-/m1/s1. The molecule has 0 radical (unpaired) electrons. The van der Waals surface area contributed by atoms with Crippen LogP contribution in [0, 0.1) is 0 Å². The second-order valence-corrected chi connectivity index (χ2v) is 8.17. The molecule has 1 aromatic heterocycles. The highest BCUT2D eigenvalue weighted by Crippen LogP contribution is 2.36. The van der Waals surface area contributed by atoms with Crippen LogP contribution in [-0.2, 0) is 14.1 Å². The van der Waals surface area contributed by atoms with Crippen LogP contribution < -0.4 is 10.8 Å². The van der Waals surface area contributed by atoms with Crippen molar-refractivity contribution in [3.05, 3.63) is 12.4 Å². The van der Waals surface area contributed by atoms with E-state index in [0.29, 0.717) is 12.5 Å². The van der Waals surface area contributed by atoms with Crippen LogP contribution in [0.25, 0.3) is 0 Å². The number of amides is 1. The highest BCUT2D eigenvalue weighted by Gasteiger charge is 2.51. The topological polar surface area (TPSA) is 76.6 Å². The molecule has 1 amide bonds. The summed E-state index contributed by atoms with van der Waals surface area (Å²) in [5.74, 6) is 0.688. The molecule has 2 aliphatic rings. The molecule has 2 saturated heterocycles. The first-order valence-corrected chi connectivity index (χ1v) is 9.38. The average Bonchev–Trinajstić information content (AvgIpc) is 2.81. The molecule has 0 unspecified atom stereocenters. The fraction of sp³-hybridized carbons (Fsp3) is 0.722. The Balaban J connectivity index is 1.59. The van der Waals surface area contributed by atoms with Gasteiger partial charge in [-0.1, -0.05) is 0 Å². The van der Waals surface area contributed by atoms with E-state index in [-0.39, 0.29) is 23.2 Å². The summed E-state index contributed by atoms with van der Waals surface area (Å²) in [4.78, 5) is 22.5. The number of piperidine rings is 1. The number of carbonyl (C=O) groups is 1. The highest BCUT2D eigenvalue weighted by atomic mass is 16.7. The second kappa shape index (κ2) is 7.16. The Morgan fingerprint density at radius 3 is 2.42 bits per heavy atom. The quantitative estimate of drug-likeness (QED) is 0.822. The predicted octanol–water partition coefficient (Wildman–Crippen LogP) is 1.59. The molecular weight excluding hydrogens is 331 g/mol. The third kappa shape index (κ3) is 3.86. The summed E-state index contributed by atoms with van der Waals surface area (Å²) in [6.07, 6.45) is 6.72. The summed E-state index contributed by atoms with van der Waals surface area (Å²) >= 11 is 0. The lowest BCUT2D eigenvalue weighted by molar-refractivity contribution is -0.132. The van der Waals surface area contributed by atoms with E-state index >= 15 is 0 Å². The lowest BCUT2D eigenvalue weighted by Crippen LogP contribution is -2.46. The molecule has 0 saturated carbocycles. The van der Waals surface area contributed by atoms with Gasteiger partial charge in [0, 0.05) is 43.9 Å². The number of nitrogens with zero attached hydrogens (tertiary/aromatic N) is 3. The molecule has 3 heterocycles. The largest absolute Gasteiger partial charge is 0.498 e. The molecule has 8 heteroatoms. The van der Waals surface area contributed by atoms with E-state index in [1.54, 1.807) is 19.3 Å². The Kier molecular flexibility index (Phi) is 5.26. The summed E-state index contributed by atoms with van der Waals surface area (Å²) in [5, 5.41) is 3.25. The maximum absolute atomic E-state index is 11.8. The maximum Gasteiger partial charge on any atom is 0.498 e. The molecule has 2 fully saturated rings. The molecule has 0 spiro atoms. The normalized spacial score (nSPS) is 24.6. The first kappa shape index (κ1) is 19.1.